The first kappa shape index (κ1) is 40.2. The van der Waals surface area contributed by atoms with Crippen molar-refractivity contribution in [3.8, 4) is 17.1 Å². The molecular formula is C35H60N4O4. The van der Waals surface area contributed by atoms with Crippen molar-refractivity contribution in [1.82, 2.24) is 14.9 Å². The molecule has 1 atom stereocenters. The van der Waals surface area contributed by atoms with Gasteiger partial charge in [0.2, 0.25) is 0 Å². The lowest BCUT2D eigenvalue weighted by atomic mass is 9.96. The third-order valence-corrected chi connectivity index (χ3v) is 6.97. The molecule has 8 heteroatoms. The van der Waals surface area contributed by atoms with Crippen molar-refractivity contribution in [2.24, 2.45) is 5.92 Å². The van der Waals surface area contributed by atoms with Gasteiger partial charge in [-0.1, -0.05) is 66.0 Å². The fraction of sp³-hybridized carbons (Fsp3) is 0.629. The Morgan fingerprint density at radius 3 is 2.28 bits per heavy atom. The number of hydrogen-bond acceptors (Lipinski definition) is 7. The second-order valence-corrected chi connectivity index (χ2v) is 10.9. The molecule has 3 rings (SSSR count). The first-order valence-corrected chi connectivity index (χ1v) is 16.1. The van der Waals surface area contributed by atoms with Gasteiger partial charge in [0.15, 0.2) is 0 Å². The molecule has 8 nitrogen and oxygen atoms in total. The van der Waals surface area contributed by atoms with Gasteiger partial charge in [-0.25, -0.2) is 4.98 Å². The van der Waals surface area contributed by atoms with Crippen molar-refractivity contribution >= 4 is 5.71 Å². The average molecular weight is 601 g/mol. The first-order chi connectivity index (χ1) is 20.6. The van der Waals surface area contributed by atoms with Crippen LogP contribution in [0.2, 0.25) is 0 Å². The number of allylic oxidation sites excluding steroid dienone is 1. The van der Waals surface area contributed by atoms with Crippen LogP contribution in [0.5, 0.6) is 5.75 Å². The van der Waals surface area contributed by atoms with Crippen LogP contribution in [0.3, 0.4) is 0 Å². The number of ether oxygens (including phenoxy) is 1. The minimum atomic E-state index is -0.598. The number of rotatable bonds is 13. The van der Waals surface area contributed by atoms with Crippen LogP contribution in [0.15, 0.2) is 35.6 Å². The summed E-state index contributed by atoms with van der Waals surface area (Å²) in [5, 5.41) is 26.9. The number of aromatic amines is 1. The maximum absolute atomic E-state index is 12.4. The minimum absolute atomic E-state index is 0.269. The van der Waals surface area contributed by atoms with Gasteiger partial charge in [-0.2, -0.15) is 0 Å². The van der Waals surface area contributed by atoms with Gasteiger partial charge in [-0.3, -0.25) is 4.79 Å². The van der Waals surface area contributed by atoms with E-state index in [0.29, 0.717) is 60.2 Å². The summed E-state index contributed by atoms with van der Waals surface area (Å²) in [6.45, 7) is 20.7. The van der Waals surface area contributed by atoms with Gasteiger partial charge in [0.05, 0.1) is 29.7 Å². The van der Waals surface area contributed by atoms with Crippen LogP contribution in [0, 0.1) is 18.3 Å². The van der Waals surface area contributed by atoms with Crippen LogP contribution < -0.4 is 10.3 Å². The molecule has 1 aliphatic rings. The molecular weight excluding hydrogens is 540 g/mol. The third kappa shape index (κ3) is 15.0. The van der Waals surface area contributed by atoms with Crippen LogP contribution >= 0.6 is 0 Å². The molecule has 0 aliphatic carbocycles. The fourth-order valence-electron chi connectivity index (χ4n) is 4.17. The van der Waals surface area contributed by atoms with Crippen LogP contribution in [0.4, 0.5) is 0 Å². The Kier molecular flexibility index (Phi) is 22.1. The van der Waals surface area contributed by atoms with E-state index in [1.807, 2.05) is 32.9 Å². The van der Waals surface area contributed by atoms with Crippen LogP contribution in [-0.4, -0.2) is 64.1 Å². The molecule has 0 radical (unpaired) electrons. The summed E-state index contributed by atoms with van der Waals surface area (Å²) in [7, 11) is 2.13. The molecule has 2 aromatic rings. The van der Waals surface area contributed by atoms with E-state index in [1.54, 1.807) is 19.1 Å². The number of nitrogens with zero attached hydrogens (tertiary/aromatic N) is 2. The molecule has 0 bridgehead atoms. The molecule has 1 aliphatic heterocycles. The lowest BCUT2D eigenvalue weighted by Gasteiger charge is -2.36. The zero-order valence-electron chi connectivity index (χ0n) is 28.3. The largest absolute Gasteiger partial charge is 0.493 e. The van der Waals surface area contributed by atoms with E-state index in [2.05, 4.69) is 49.3 Å². The van der Waals surface area contributed by atoms with Gasteiger partial charge < -0.3 is 30.2 Å². The molecule has 4 N–H and O–H groups in total. The Bertz CT molecular complexity index is 1110. The number of aliphatic hydroxyl groups is 2. The second kappa shape index (κ2) is 23.6. The van der Waals surface area contributed by atoms with Crippen molar-refractivity contribution in [2.45, 2.75) is 106 Å². The van der Waals surface area contributed by atoms with Crippen molar-refractivity contribution in [3.63, 3.8) is 0 Å². The summed E-state index contributed by atoms with van der Waals surface area (Å²) in [4.78, 5) is 22.0. The van der Waals surface area contributed by atoms with E-state index < -0.39 is 6.10 Å². The SMILES string of the molecule is C=CCC.CCCC.CCCC(=N)c1nc(-c2cc(C(O)CC)ccc2OCC)[nH]c(=O)c1C.CN1CC(CCCO)C1. The highest BCUT2D eigenvalue weighted by molar-refractivity contribution is 5.97. The Labute approximate surface area is 261 Å². The molecule has 2 heterocycles. The van der Waals surface area contributed by atoms with Crippen LogP contribution in [0.25, 0.3) is 11.4 Å². The van der Waals surface area contributed by atoms with Crippen molar-refractivity contribution in [3.05, 3.63) is 58.0 Å². The topological polar surface area (TPSA) is 123 Å². The van der Waals surface area contributed by atoms with Gasteiger partial charge >= 0.3 is 0 Å². The summed E-state index contributed by atoms with van der Waals surface area (Å²) < 4.78 is 5.68. The Hall–Kier alpha value is -2.81. The number of hydrogen-bond donors (Lipinski definition) is 4. The predicted octanol–water partition coefficient (Wildman–Crippen LogP) is 7.46. The Morgan fingerprint density at radius 2 is 1.81 bits per heavy atom. The van der Waals surface area contributed by atoms with E-state index in [4.69, 9.17) is 15.3 Å². The number of nitrogens with one attached hydrogen (secondary N) is 2. The number of aromatic nitrogens is 2. The molecule has 1 aromatic heterocycles. The maximum Gasteiger partial charge on any atom is 0.254 e. The Morgan fingerprint density at radius 1 is 1.19 bits per heavy atom. The maximum atomic E-state index is 12.4. The molecule has 0 amide bonds. The average Bonchev–Trinajstić information content (AvgIpc) is 3.00. The highest BCUT2D eigenvalue weighted by Gasteiger charge is 2.21. The van der Waals surface area contributed by atoms with Crippen molar-refractivity contribution in [2.75, 3.05) is 33.4 Å². The number of benzene rings is 1. The first-order valence-electron chi connectivity index (χ1n) is 16.1. The number of aliphatic hydroxyl groups excluding tert-OH is 2. The molecule has 0 saturated carbocycles. The van der Waals surface area contributed by atoms with E-state index in [0.717, 1.165) is 30.7 Å². The van der Waals surface area contributed by atoms with Crippen molar-refractivity contribution in [1.29, 1.82) is 5.41 Å². The van der Waals surface area contributed by atoms with Gasteiger partial charge in [0.25, 0.3) is 5.56 Å². The summed E-state index contributed by atoms with van der Waals surface area (Å²) >= 11 is 0. The Balaban J connectivity index is 0.000000843. The summed E-state index contributed by atoms with van der Waals surface area (Å²) in [6, 6.07) is 5.39. The van der Waals surface area contributed by atoms with Gasteiger partial charge in [-0.05, 0) is 76.6 Å². The smallest absolute Gasteiger partial charge is 0.254 e. The summed E-state index contributed by atoms with van der Waals surface area (Å²) in [5.41, 5.74) is 2.28. The summed E-state index contributed by atoms with van der Waals surface area (Å²) in [6.07, 6.45) is 9.14. The molecule has 0 spiro atoms. The quantitative estimate of drug-likeness (QED) is 0.140. The molecule has 1 aromatic carbocycles. The molecule has 1 fully saturated rings. The molecule has 1 unspecified atom stereocenters. The zero-order chi connectivity index (χ0) is 32.8. The summed E-state index contributed by atoms with van der Waals surface area (Å²) in [5.74, 6) is 1.81. The number of likely N-dealkylation sites (tertiary alicyclic amines) is 1. The molecule has 43 heavy (non-hydrogen) atoms. The highest BCUT2D eigenvalue weighted by atomic mass is 16.5. The van der Waals surface area contributed by atoms with Crippen molar-refractivity contribution < 1.29 is 14.9 Å². The number of H-pyrrole nitrogens is 1. The van der Waals surface area contributed by atoms with Gasteiger partial charge in [0, 0.05) is 25.3 Å². The lowest BCUT2D eigenvalue weighted by Crippen LogP contribution is -2.43. The fourth-order valence-corrected chi connectivity index (χ4v) is 4.17. The number of unbranched alkanes of at least 4 members (excludes halogenated alkanes) is 1. The highest BCUT2D eigenvalue weighted by Crippen LogP contribution is 2.31. The van der Waals surface area contributed by atoms with E-state index >= 15 is 0 Å². The van der Waals surface area contributed by atoms with Crippen LogP contribution in [0.1, 0.15) is 116 Å². The van der Waals surface area contributed by atoms with Gasteiger partial charge in [-0.15, -0.1) is 6.58 Å². The van der Waals surface area contributed by atoms with E-state index in [1.165, 1.54) is 32.4 Å². The minimum Gasteiger partial charge on any atom is -0.493 e. The monoisotopic (exact) mass is 600 g/mol. The standard InChI is InChI=1S/C20H27N3O3.C7H15NO.C4H10.C4H8/c1-5-8-15(21)18-12(4)20(25)23-19(22-18)14-11-13(16(24)6-2)9-10-17(14)26-7-3;1-8-5-7(6-8)3-2-4-9;2*1-3-4-2/h9-11,16,21,24H,5-8H2,1-4H3,(H,22,23,25);7,9H,2-6H2,1H3;3-4H2,1-2H3;3H,1,4H2,2H3. The van der Waals surface area contributed by atoms with E-state index in [9.17, 15) is 9.90 Å². The second-order valence-electron chi connectivity index (χ2n) is 10.9. The molecule has 1 saturated heterocycles. The predicted molar refractivity (Wildman–Crippen MR) is 182 cm³/mol. The molecule has 244 valence electrons. The third-order valence-electron chi connectivity index (χ3n) is 6.97. The van der Waals surface area contributed by atoms with Gasteiger partial charge in [0.1, 0.15) is 11.6 Å². The zero-order valence-corrected chi connectivity index (χ0v) is 28.3. The van der Waals surface area contributed by atoms with E-state index in [-0.39, 0.29) is 5.56 Å². The normalized spacial score (nSPS) is 13.2. The lowest BCUT2D eigenvalue weighted by molar-refractivity contribution is 0.118. The van der Waals surface area contributed by atoms with Crippen LogP contribution in [-0.2, 0) is 0 Å².